The van der Waals surface area contributed by atoms with Gasteiger partial charge < -0.3 is 32.5 Å². The van der Waals surface area contributed by atoms with Gasteiger partial charge >= 0.3 is 0 Å². The lowest BCUT2D eigenvalue weighted by atomic mass is 10.3. The topological polar surface area (TPSA) is 139 Å². The number of nitrogens with zero attached hydrogens (tertiary/aromatic N) is 5. The highest BCUT2D eigenvalue weighted by atomic mass is 32.2. The summed E-state index contributed by atoms with van der Waals surface area (Å²) >= 11 is 1.69. The molecule has 1 rings (SSSR count). The first-order chi connectivity index (χ1) is 20.3. The van der Waals surface area contributed by atoms with E-state index in [1.54, 1.807) is 11.8 Å². The summed E-state index contributed by atoms with van der Waals surface area (Å²) in [6.07, 6.45) is 7.49. The molecule has 12 nitrogen and oxygen atoms in total. The molecular weight excluding hydrogens is 595 g/mol. The minimum Gasteiger partial charge on any atom is -0.455 e. The molecular formula is C27H53N5O7SSi2. The average molecular weight is 648 g/mol. The van der Waals surface area contributed by atoms with Gasteiger partial charge in [-0.05, 0) is 37.8 Å². The summed E-state index contributed by atoms with van der Waals surface area (Å²) in [6.45, 7) is 17.7. The molecule has 0 saturated carbocycles. The Morgan fingerprint density at radius 2 is 1.24 bits per heavy atom. The van der Waals surface area contributed by atoms with Crippen molar-refractivity contribution in [1.82, 2.24) is 9.97 Å². The number of ether oxygens (including phenoxy) is 6. The van der Waals surface area contributed by atoms with Crippen LogP contribution in [-0.2, 0) is 39.1 Å². The molecule has 0 bridgehead atoms. The van der Waals surface area contributed by atoms with Crippen molar-refractivity contribution in [1.29, 1.82) is 0 Å². The lowest BCUT2D eigenvalue weighted by Gasteiger charge is -2.33. The normalized spacial score (nSPS) is 12.0. The standard InChI is InChI=1S/C27H53N5O7SSi2/c1-6-7-8-21-41(2,3)39-42(4,5)25-40-27-29-22-26(23-30-27)24-38-20-19-37-18-17-36-16-15-35-14-13-34-12-11-33-10-9-31-32-28/h22-23H,6-21,24-25H2,1-5H3. The van der Waals surface area contributed by atoms with E-state index in [-0.39, 0.29) is 0 Å². The van der Waals surface area contributed by atoms with Gasteiger partial charge in [0.25, 0.3) is 0 Å². The Morgan fingerprint density at radius 3 is 1.74 bits per heavy atom. The summed E-state index contributed by atoms with van der Waals surface area (Å²) in [4.78, 5) is 11.7. The van der Waals surface area contributed by atoms with Gasteiger partial charge in [0, 0.05) is 34.8 Å². The van der Waals surface area contributed by atoms with Crippen LogP contribution >= 0.6 is 11.8 Å². The molecule has 0 N–H and O–H groups in total. The Hall–Kier alpha value is -1.11. The molecule has 1 aromatic heterocycles. The Labute approximate surface area is 258 Å². The van der Waals surface area contributed by atoms with Crippen LogP contribution in [0.5, 0.6) is 0 Å². The monoisotopic (exact) mass is 647 g/mol. The minimum atomic E-state index is -1.78. The maximum absolute atomic E-state index is 8.15. The van der Waals surface area contributed by atoms with Crippen LogP contribution in [0.3, 0.4) is 0 Å². The molecule has 0 aromatic carbocycles. The van der Waals surface area contributed by atoms with Gasteiger partial charge in [0.05, 0.1) is 79.3 Å². The number of hydrogen-bond donors (Lipinski definition) is 0. The first kappa shape index (κ1) is 38.9. The van der Waals surface area contributed by atoms with Gasteiger partial charge in [-0.2, -0.15) is 0 Å². The van der Waals surface area contributed by atoms with Gasteiger partial charge in [-0.25, -0.2) is 9.97 Å². The lowest BCUT2D eigenvalue weighted by molar-refractivity contribution is -0.0174. The van der Waals surface area contributed by atoms with Crippen LogP contribution in [0.2, 0.25) is 32.2 Å². The van der Waals surface area contributed by atoms with E-state index >= 15 is 0 Å². The SMILES string of the molecule is CCCCC[Si](C)(C)O[Si](C)(C)CSc1ncc(COCCOCCOCCOCCOCCOCCN=[N+]=[N-])cn1. The molecule has 0 aliphatic rings. The highest BCUT2D eigenvalue weighted by molar-refractivity contribution is 8.00. The highest BCUT2D eigenvalue weighted by Crippen LogP contribution is 2.25. The first-order valence-electron chi connectivity index (χ1n) is 14.9. The number of azide groups is 1. The summed E-state index contributed by atoms with van der Waals surface area (Å²) in [5, 5.41) is 5.12. The average Bonchev–Trinajstić information content (AvgIpc) is 2.95. The molecule has 1 heterocycles. The van der Waals surface area contributed by atoms with Crippen molar-refractivity contribution in [3.8, 4) is 0 Å². The summed E-state index contributed by atoms with van der Waals surface area (Å²) in [6, 6.07) is 1.24. The molecule has 0 saturated heterocycles. The van der Waals surface area contributed by atoms with Crippen LogP contribution in [0, 0.1) is 0 Å². The van der Waals surface area contributed by atoms with Crippen molar-refractivity contribution in [2.75, 3.05) is 84.6 Å². The molecule has 242 valence electrons. The molecule has 0 aliphatic heterocycles. The Morgan fingerprint density at radius 1 is 0.738 bits per heavy atom. The summed E-state index contributed by atoms with van der Waals surface area (Å²) in [5.41, 5.74) is 9.09. The largest absolute Gasteiger partial charge is 0.455 e. The second kappa shape index (κ2) is 25.2. The predicted octanol–water partition coefficient (Wildman–Crippen LogP) is 5.63. The van der Waals surface area contributed by atoms with Crippen molar-refractivity contribution in [2.45, 2.75) is 70.2 Å². The second-order valence-corrected chi connectivity index (χ2v) is 21.0. The third kappa shape index (κ3) is 23.4. The fraction of sp³-hybridized carbons (Fsp3) is 0.852. The van der Waals surface area contributed by atoms with E-state index in [0.717, 1.165) is 16.1 Å². The maximum atomic E-state index is 8.15. The third-order valence-corrected chi connectivity index (χ3v) is 15.5. The smallest absolute Gasteiger partial charge is 0.187 e. The number of hydrogen-bond acceptors (Lipinski definition) is 11. The Kier molecular flexibility index (Phi) is 23.4. The molecule has 0 amide bonds. The summed E-state index contributed by atoms with van der Waals surface area (Å²) in [7, 11) is -3.40. The third-order valence-electron chi connectivity index (χ3n) is 5.69. The minimum absolute atomic E-state index is 0.332. The molecule has 0 atom stereocenters. The van der Waals surface area contributed by atoms with Crippen molar-refractivity contribution < 1.29 is 32.5 Å². The van der Waals surface area contributed by atoms with E-state index in [1.165, 1.54) is 25.3 Å². The van der Waals surface area contributed by atoms with Gasteiger partial charge in [0.2, 0.25) is 0 Å². The van der Waals surface area contributed by atoms with Crippen LogP contribution in [0.25, 0.3) is 10.4 Å². The zero-order valence-corrected chi connectivity index (χ0v) is 29.2. The van der Waals surface area contributed by atoms with E-state index in [4.69, 9.17) is 38.1 Å². The van der Waals surface area contributed by atoms with E-state index in [1.807, 2.05) is 12.4 Å². The number of thioether (sulfide) groups is 1. The summed E-state index contributed by atoms with van der Waals surface area (Å²) < 4.78 is 39.5. The van der Waals surface area contributed by atoms with Crippen molar-refractivity contribution in [3.63, 3.8) is 0 Å². The van der Waals surface area contributed by atoms with E-state index in [0.29, 0.717) is 85.8 Å². The van der Waals surface area contributed by atoms with Gasteiger partial charge in [0.1, 0.15) is 0 Å². The van der Waals surface area contributed by atoms with Crippen LogP contribution in [-0.4, -0.2) is 111 Å². The van der Waals surface area contributed by atoms with E-state index < -0.39 is 16.6 Å². The van der Waals surface area contributed by atoms with Crippen molar-refractivity contribution >= 4 is 28.4 Å². The molecule has 15 heteroatoms. The van der Waals surface area contributed by atoms with Gasteiger partial charge in [0.15, 0.2) is 21.8 Å². The van der Waals surface area contributed by atoms with Gasteiger partial charge in [-0.1, -0.05) is 43.1 Å². The van der Waals surface area contributed by atoms with Crippen LogP contribution < -0.4 is 0 Å². The molecule has 0 unspecified atom stereocenters. The maximum Gasteiger partial charge on any atom is 0.187 e. The predicted molar refractivity (Wildman–Crippen MR) is 171 cm³/mol. The number of rotatable bonds is 29. The zero-order valence-electron chi connectivity index (χ0n) is 26.4. The fourth-order valence-corrected chi connectivity index (χ4v) is 14.2. The lowest BCUT2D eigenvalue weighted by Crippen LogP contribution is -2.46. The van der Waals surface area contributed by atoms with Crippen molar-refractivity contribution in [3.05, 3.63) is 28.4 Å². The molecule has 42 heavy (non-hydrogen) atoms. The number of aromatic nitrogens is 2. The molecule has 1 aromatic rings. The molecule has 0 radical (unpaired) electrons. The Balaban J connectivity index is 1.97. The fourth-order valence-electron chi connectivity index (χ4n) is 3.80. The number of unbranched alkanes of at least 4 members (excludes halogenated alkanes) is 2. The quantitative estimate of drug-likeness (QED) is 0.0204. The Bertz CT molecular complexity index is 838. The van der Waals surface area contributed by atoms with E-state index in [9.17, 15) is 0 Å². The van der Waals surface area contributed by atoms with Gasteiger partial charge in [-0.3, -0.25) is 0 Å². The molecule has 0 fully saturated rings. The molecule has 0 spiro atoms. The zero-order chi connectivity index (χ0) is 30.8. The van der Waals surface area contributed by atoms with Crippen LogP contribution in [0.15, 0.2) is 22.7 Å². The van der Waals surface area contributed by atoms with Crippen molar-refractivity contribution in [2.24, 2.45) is 5.11 Å². The second-order valence-electron chi connectivity index (χ2n) is 10.8. The van der Waals surface area contributed by atoms with Gasteiger partial charge in [-0.15, -0.1) is 0 Å². The van der Waals surface area contributed by atoms with Crippen LogP contribution in [0.4, 0.5) is 0 Å². The molecule has 0 aliphatic carbocycles. The van der Waals surface area contributed by atoms with Crippen LogP contribution in [0.1, 0.15) is 31.7 Å². The van der Waals surface area contributed by atoms with E-state index in [2.05, 4.69) is 53.1 Å². The summed E-state index contributed by atoms with van der Waals surface area (Å²) in [5.74, 6) is 0. The highest BCUT2D eigenvalue weighted by Gasteiger charge is 2.32. The first-order valence-corrected chi connectivity index (χ1v) is 22.1.